The lowest BCUT2D eigenvalue weighted by molar-refractivity contribution is -0.384. The molecule has 1 unspecified atom stereocenters. The van der Waals surface area contributed by atoms with E-state index in [1.165, 1.54) is 41.3 Å². The summed E-state index contributed by atoms with van der Waals surface area (Å²) in [5.41, 5.74) is 1.00. The molecule has 0 saturated heterocycles. The van der Waals surface area contributed by atoms with Crippen molar-refractivity contribution < 1.29 is 9.72 Å². The van der Waals surface area contributed by atoms with Crippen LogP contribution >= 0.6 is 34.7 Å². The van der Waals surface area contributed by atoms with Crippen molar-refractivity contribution >= 4 is 52.0 Å². The van der Waals surface area contributed by atoms with E-state index < -0.39 is 10.2 Å². The Labute approximate surface area is 140 Å². The van der Waals surface area contributed by atoms with Crippen molar-refractivity contribution in [3.05, 3.63) is 44.4 Å². The summed E-state index contributed by atoms with van der Waals surface area (Å²) in [5, 5.41) is 15.1. The highest BCUT2D eigenvalue weighted by Gasteiger charge is 2.18. The molecule has 0 saturated carbocycles. The second-order valence-electron chi connectivity index (χ2n) is 4.43. The Hall–Kier alpha value is -1.64. The molecule has 0 aliphatic carbocycles. The zero-order chi connectivity index (χ0) is 16.3. The van der Waals surface area contributed by atoms with Crippen LogP contribution < -0.4 is 5.32 Å². The standard InChI is InChI=1S/C13H12ClN3O3S2/c1-7-6-21-13(15-7)22-8(2)12(18)16-11-5-9(17(19)20)3-4-10(11)14/h3-6,8H,1-2H3,(H,16,18). The largest absolute Gasteiger partial charge is 0.324 e. The van der Waals surface area contributed by atoms with Crippen molar-refractivity contribution in [2.45, 2.75) is 23.4 Å². The number of nitro groups is 1. The summed E-state index contributed by atoms with van der Waals surface area (Å²) in [5.74, 6) is -0.291. The summed E-state index contributed by atoms with van der Waals surface area (Å²) in [4.78, 5) is 26.7. The number of aryl methyl sites for hydroxylation is 1. The molecule has 1 aromatic carbocycles. The van der Waals surface area contributed by atoms with Crippen LogP contribution in [0.5, 0.6) is 0 Å². The van der Waals surface area contributed by atoms with Crippen molar-refractivity contribution in [3.63, 3.8) is 0 Å². The molecule has 0 fully saturated rings. The Morgan fingerprint density at radius 3 is 2.86 bits per heavy atom. The lowest BCUT2D eigenvalue weighted by atomic mass is 10.2. The van der Waals surface area contributed by atoms with Crippen LogP contribution in [0.4, 0.5) is 11.4 Å². The third kappa shape index (κ3) is 4.19. The molecule has 1 N–H and O–H groups in total. The van der Waals surface area contributed by atoms with Crippen LogP contribution in [0.2, 0.25) is 5.02 Å². The first-order chi connectivity index (χ1) is 10.4. The molecule has 1 amide bonds. The van der Waals surface area contributed by atoms with Gasteiger partial charge in [-0.15, -0.1) is 11.3 Å². The number of halogens is 1. The van der Waals surface area contributed by atoms with Gasteiger partial charge in [0.05, 0.1) is 20.9 Å². The van der Waals surface area contributed by atoms with Gasteiger partial charge in [0.15, 0.2) is 4.34 Å². The van der Waals surface area contributed by atoms with Crippen molar-refractivity contribution in [2.75, 3.05) is 5.32 Å². The number of thioether (sulfide) groups is 1. The van der Waals surface area contributed by atoms with E-state index in [-0.39, 0.29) is 22.3 Å². The smallest absolute Gasteiger partial charge is 0.271 e. The van der Waals surface area contributed by atoms with Gasteiger partial charge in [0.25, 0.3) is 5.69 Å². The average molecular weight is 358 g/mol. The van der Waals surface area contributed by atoms with Gasteiger partial charge in [-0.25, -0.2) is 4.98 Å². The van der Waals surface area contributed by atoms with E-state index in [2.05, 4.69) is 10.3 Å². The Kier molecular flexibility index (Phi) is 5.38. The molecule has 1 atom stereocenters. The fourth-order valence-electron chi connectivity index (χ4n) is 1.55. The van der Waals surface area contributed by atoms with Gasteiger partial charge in [-0.05, 0) is 19.9 Å². The Balaban J connectivity index is 2.07. The molecule has 1 aromatic heterocycles. The van der Waals surface area contributed by atoms with Crippen molar-refractivity contribution in [1.82, 2.24) is 4.98 Å². The molecule has 0 spiro atoms. The predicted octanol–water partition coefficient (Wildman–Crippen LogP) is 4.13. The summed E-state index contributed by atoms with van der Waals surface area (Å²) in [6.07, 6.45) is 0. The maximum atomic E-state index is 12.2. The number of thiazole rings is 1. The van der Waals surface area contributed by atoms with Gasteiger partial charge in [-0.3, -0.25) is 14.9 Å². The van der Waals surface area contributed by atoms with Gasteiger partial charge in [0.2, 0.25) is 5.91 Å². The molecule has 116 valence electrons. The Morgan fingerprint density at radius 2 is 2.27 bits per heavy atom. The fourth-order valence-corrected chi connectivity index (χ4v) is 3.70. The highest BCUT2D eigenvalue weighted by Crippen LogP contribution is 2.30. The summed E-state index contributed by atoms with van der Waals surface area (Å²) in [7, 11) is 0. The van der Waals surface area contributed by atoms with Gasteiger partial charge in [-0.1, -0.05) is 23.4 Å². The third-order valence-electron chi connectivity index (χ3n) is 2.66. The number of nitrogens with zero attached hydrogens (tertiary/aromatic N) is 2. The highest BCUT2D eigenvalue weighted by molar-refractivity contribution is 8.02. The molecule has 1 heterocycles. The number of non-ortho nitro benzene ring substituents is 1. The molecular formula is C13H12ClN3O3S2. The fraction of sp³-hybridized carbons (Fsp3) is 0.231. The molecule has 0 radical (unpaired) electrons. The van der Waals surface area contributed by atoms with E-state index in [0.29, 0.717) is 0 Å². The predicted molar refractivity (Wildman–Crippen MR) is 88.9 cm³/mol. The van der Waals surface area contributed by atoms with Crippen LogP contribution in [0.25, 0.3) is 0 Å². The summed E-state index contributed by atoms with van der Waals surface area (Å²) >= 11 is 8.75. The van der Waals surface area contributed by atoms with E-state index in [1.54, 1.807) is 6.92 Å². The molecule has 0 aliphatic rings. The van der Waals surface area contributed by atoms with Gasteiger partial charge < -0.3 is 5.32 Å². The molecular weight excluding hydrogens is 346 g/mol. The highest BCUT2D eigenvalue weighted by atomic mass is 35.5. The number of rotatable bonds is 5. The first-order valence-corrected chi connectivity index (χ1v) is 8.34. The Morgan fingerprint density at radius 1 is 1.55 bits per heavy atom. The van der Waals surface area contributed by atoms with E-state index in [9.17, 15) is 14.9 Å². The molecule has 9 heteroatoms. The summed E-state index contributed by atoms with van der Waals surface area (Å²) < 4.78 is 0.797. The van der Waals surface area contributed by atoms with Crippen LogP contribution in [0.3, 0.4) is 0 Å². The Bertz CT molecular complexity index is 720. The van der Waals surface area contributed by atoms with Crippen LogP contribution in [-0.2, 0) is 4.79 Å². The number of hydrogen-bond donors (Lipinski definition) is 1. The van der Waals surface area contributed by atoms with E-state index >= 15 is 0 Å². The monoisotopic (exact) mass is 357 g/mol. The number of hydrogen-bond acceptors (Lipinski definition) is 6. The minimum absolute atomic E-state index is 0.129. The normalized spacial score (nSPS) is 12.0. The second kappa shape index (κ2) is 7.08. The number of nitrogens with one attached hydrogen (secondary N) is 1. The van der Waals surface area contributed by atoms with Crippen molar-refractivity contribution in [1.29, 1.82) is 0 Å². The van der Waals surface area contributed by atoms with E-state index in [0.717, 1.165) is 10.0 Å². The lowest BCUT2D eigenvalue weighted by Gasteiger charge is -2.11. The van der Waals surface area contributed by atoms with Crippen molar-refractivity contribution in [3.8, 4) is 0 Å². The van der Waals surface area contributed by atoms with Crippen LogP contribution in [0.1, 0.15) is 12.6 Å². The number of anilines is 1. The average Bonchev–Trinajstić information content (AvgIpc) is 2.86. The molecule has 2 aromatic rings. The maximum Gasteiger partial charge on any atom is 0.271 e. The number of nitro benzene ring substituents is 1. The lowest BCUT2D eigenvalue weighted by Crippen LogP contribution is -2.22. The number of benzene rings is 1. The van der Waals surface area contributed by atoms with Gasteiger partial charge in [0, 0.05) is 23.2 Å². The number of amides is 1. The SMILES string of the molecule is Cc1csc(SC(C)C(=O)Nc2cc([N+](=O)[O-])ccc2Cl)n1. The zero-order valence-corrected chi connectivity index (χ0v) is 14.1. The van der Waals surface area contributed by atoms with Gasteiger partial charge in [-0.2, -0.15) is 0 Å². The molecule has 22 heavy (non-hydrogen) atoms. The first-order valence-electron chi connectivity index (χ1n) is 6.20. The molecule has 2 rings (SSSR count). The minimum Gasteiger partial charge on any atom is -0.324 e. The van der Waals surface area contributed by atoms with Crippen molar-refractivity contribution in [2.24, 2.45) is 0 Å². The van der Waals surface area contributed by atoms with Crippen LogP contribution in [0, 0.1) is 17.0 Å². The third-order valence-corrected chi connectivity index (χ3v) is 5.18. The number of carbonyl (C=O) groups excluding carboxylic acids is 1. The maximum absolute atomic E-state index is 12.2. The molecule has 0 aliphatic heterocycles. The molecule has 6 nitrogen and oxygen atoms in total. The van der Waals surface area contributed by atoms with E-state index in [1.807, 2.05) is 12.3 Å². The number of aromatic nitrogens is 1. The molecule has 0 bridgehead atoms. The van der Waals surface area contributed by atoms with Crippen LogP contribution in [0.15, 0.2) is 27.9 Å². The summed E-state index contributed by atoms with van der Waals surface area (Å²) in [6, 6.07) is 3.91. The van der Waals surface area contributed by atoms with E-state index in [4.69, 9.17) is 11.6 Å². The van der Waals surface area contributed by atoms with Crippen LogP contribution in [-0.4, -0.2) is 21.1 Å². The van der Waals surface area contributed by atoms with Gasteiger partial charge in [0.1, 0.15) is 0 Å². The van der Waals surface area contributed by atoms with Gasteiger partial charge >= 0.3 is 0 Å². The minimum atomic E-state index is -0.539. The second-order valence-corrected chi connectivity index (χ2v) is 7.28. The topological polar surface area (TPSA) is 85.1 Å². The zero-order valence-electron chi connectivity index (χ0n) is 11.7. The number of carbonyl (C=O) groups is 1. The summed E-state index contributed by atoms with van der Waals surface area (Å²) in [6.45, 7) is 3.62. The first kappa shape index (κ1) is 16.7. The quantitative estimate of drug-likeness (QED) is 0.494.